The summed E-state index contributed by atoms with van der Waals surface area (Å²) in [5.74, 6) is 0.784. The Hall–Kier alpha value is -2.38. The second kappa shape index (κ2) is 6.62. The lowest BCUT2D eigenvalue weighted by Gasteiger charge is -2.04. The Balaban J connectivity index is 1.78. The minimum atomic E-state index is -3.18. The predicted molar refractivity (Wildman–Crippen MR) is 96.9 cm³/mol. The van der Waals surface area contributed by atoms with E-state index < -0.39 is 9.84 Å². The molecule has 7 heteroatoms. The minimum Gasteiger partial charge on any atom is -0.497 e. The Labute approximate surface area is 144 Å². The summed E-state index contributed by atoms with van der Waals surface area (Å²) in [6.45, 7) is 0. The highest BCUT2D eigenvalue weighted by molar-refractivity contribution is 7.90. The number of hydrogen-bond donors (Lipinski definition) is 1. The van der Waals surface area contributed by atoms with Gasteiger partial charge in [0.1, 0.15) is 5.75 Å². The van der Waals surface area contributed by atoms with Crippen LogP contribution in [0.5, 0.6) is 5.75 Å². The predicted octanol–water partition coefficient (Wildman–Crippen LogP) is 3.97. The van der Waals surface area contributed by atoms with Crippen molar-refractivity contribution in [1.29, 1.82) is 0 Å². The maximum Gasteiger partial charge on any atom is 0.187 e. The van der Waals surface area contributed by atoms with Gasteiger partial charge in [-0.15, -0.1) is 11.3 Å². The molecule has 24 heavy (non-hydrogen) atoms. The zero-order valence-electron chi connectivity index (χ0n) is 13.2. The molecule has 0 spiro atoms. The maximum absolute atomic E-state index is 11.5. The van der Waals surface area contributed by atoms with Crippen LogP contribution in [0.1, 0.15) is 0 Å². The number of hydrogen-bond acceptors (Lipinski definition) is 6. The molecule has 5 nitrogen and oxygen atoms in total. The van der Waals surface area contributed by atoms with Crippen LogP contribution in [0.4, 0.5) is 10.8 Å². The molecule has 0 fully saturated rings. The van der Waals surface area contributed by atoms with Crippen LogP contribution in [0.25, 0.3) is 11.3 Å². The first-order valence-electron chi connectivity index (χ1n) is 7.13. The van der Waals surface area contributed by atoms with Gasteiger partial charge in [-0.25, -0.2) is 13.4 Å². The average molecular weight is 360 g/mol. The molecule has 0 bridgehead atoms. The molecule has 0 saturated heterocycles. The van der Waals surface area contributed by atoms with Gasteiger partial charge >= 0.3 is 0 Å². The van der Waals surface area contributed by atoms with Crippen molar-refractivity contribution in [2.24, 2.45) is 0 Å². The van der Waals surface area contributed by atoms with Crippen LogP contribution in [-0.4, -0.2) is 26.8 Å². The summed E-state index contributed by atoms with van der Waals surface area (Å²) in [6, 6.07) is 14.3. The van der Waals surface area contributed by atoms with E-state index in [4.69, 9.17) is 4.74 Å². The highest BCUT2D eigenvalue weighted by Gasteiger charge is 2.08. The van der Waals surface area contributed by atoms with Crippen molar-refractivity contribution in [2.75, 3.05) is 18.7 Å². The van der Waals surface area contributed by atoms with Crippen LogP contribution in [0.2, 0.25) is 0 Å². The van der Waals surface area contributed by atoms with E-state index in [-0.39, 0.29) is 0 Å². The number of thiazole rings is 1. The fourth-order valence-corrected chi connectivity index (χ4v) is 3.53. The van der Waals surface area contributed by atoms with E-state index >= 15 is 0 Å². The topological polar surface area (TPSA) is 68.3 Å². The first kappa shape index (κ1) is 16.5. The molecule has 0 aliphatic heterocycles. The molecule has 1 N–H and O–H groups in total. The highest BCUT2D eigenvalue weighted by Crippen LogP contribution is 2.29. The standard InChI is InChI=1S/C17H16N2O3S2/c1-22-14-5-3-4-12(10-14)16-11-23-17(19-16)18-13-6-8-15(9-7-13)24(2,20)21/h3-11H,1-2H3,(H,18,19). The van der Waals surface area contributed by atoms with Crippen LogP contribution < -0.4 is 10.1 Å². The number of anilines is 2. The van der Waals surface area contributed by atoms with Crippen LogP contribution in [0.15, 0.2) is 58.8 Å². The molecular formula is C17H16N2O3S2. The van der Waals surface area contributed by atoms with Crippen molar-refractivity contribution in [3.63, 3.8) is 0 Å². The summed E-state index contributed by atoms with van der Waals surface area (Å²) in [5, 5.41) is 5.88. The van der Waals surface area contributed by atoms with E-state index in [2.05, 4.69) is 10.3 Å². The van der Waals surface area contributed by atoms with E-state index in [1.165, 1.54) is 17.6 Å². The SMILES string of the molecule is COc1cccc(-c2csc(Nc3ccc(S(C)(=O)=O)cc3)n2)c1. The molecule has 0 radical (unpaired) electrons. The number of nitrogens with zero attached hydrogens (tertiary/aromatic N) is 1. The van der Waals surface area contributed by atoms with Crippen LogP contribution in [0.3, 0.4) is 0 Å². The number of methoxy groups -OCH3 is 1. The van der Waals surface area contributed by atoms with Gasteiger partial charge in [-0.1, -0.05) is 12.1 Å². The van der Waals surface area contributed by atoms with Gasteiger partial charge in [0.2, 0.25) is 0 Å². The Morgan fingerprint density at radius 3 is 2.54 bits per heavy atom. The lowest BCUT2D eigenvalue weighted by Crippen LogP contribution is -1.97. The number of benzene rings is 2. The minimum absolute atomic E-state index is 0.296. The molecule has 2 aromatic carbocycles. The van der Waals surface area contributed by atoms with Gasteiger partial charge in [-0.2, -0.15) is 0 Å². The van der Waals surface area contributed by atoms with E-state index in [0.717, 1.165) is 27.8 Å². The van der Waals surface area contributed by atoms with E-state index in [1.54, 1.807) is 31.4 Å². The van der Waals surface area contributed by atoms with Crippen molar-refractivity contribution in [3.8, 4) is 17.0 Å². The zero-order valence-corrected chi connectivity index (χ0v) is 14.8. The van der Waals surface area contributed by atoms with Crippen molar-refractivity contribution >= 4 is 32.0 Å². The lowest BCUT2D eigenvalue weighted by molar-refractivity contribution is 0.415. The fraction of sp³-hybridized carbons (Fsp3) is 0.118. The first-order valence-corrected chi connectivity index (χ1v) is 9.90. The third-order valence-corrected chi connectivity index (χ3v) is 5.29. The molecule has 0 aliphatic carbocycles. The van der Waals surface area contributed by atoms with Crippen LogP contribution >= 0.6 is 11.3 Å². The van der Waals surface area contributed by atoms with E-state index in [1.807, 2.05) is 29.6 Å². The monoisotopic (exact) mass is 360 g/mol. The molecule has 0 amide bonds. The normalized spacial score (nSPS) is 11.2. The molecule has 0 atom stereocenters. The number of nitrogens with one attached hydrogen (secondary N) is 1. The number of ether oxygens (including phenoxy) is 1. The van der Waals surface area contributed by atoms with Crippen molar-refractivity contribution in [1.82, 2.24) is 4.98 Å². The smallest absolute Gasteiger partial charge is 0.187 e. The molecule has 0 aliphatic rings. The molecular weight excluding hydrogens is 344 g/mol. The average Bonchev–Trinajstić information content (AvgIpc) is 3.03. The Bertz CT molecular complexity index is 948. The third kappa shape index (κ3) is 3.74. The highest BCUT2D eigenvalue weighted by atomic mass is 32.2. The zero-order chi connectivity index (χ0) is 17.2. The molecule has 3 aromatic rings. The van der Waals surface area contributed by atoms with Crippen molar-refractivity contribution in [2.45, 2.75) is 4.90 Å². The summed E-state index contributed by atoms with van der Waals surface area (Å²) in [4.78, 5) is 4.85. The van der Waals surface area contributed by atoms with Gasteiger partial charge in [0.05, 0.1) is 17.7 Å². The quantitative estimate of drug-likeness (QED) is 0.746. The molecule has 1 heterocycles. The maximum atomic E-state index is 11.5. The summed E-state index contributed by atoms with van der Waals surface area (Å²) in [6.07, 6.45) is 1.19. The van der Waals surface area contributed by atoms with E-state index in [0.29, 0.717) is 4.90 Å². The van der Waals surface area contributed by atoms with E-state index in [9.17, 15) is 8.42 Å². The molecule has 3 rings (SSSR count). The lowest BCUT2D eigenvalue weighted by atomic mass is 10.2. The Kier molecular flexibility index (Phi) is 4.55. The first-order chi connectivity index (χ1) is 11.5. The van der Waals surface area contributed by atoms with Crippen LogP contribution in [-0.2, 0) is 9.84 Å². The second-order valence-corrected chi connectivity index (χ2v) is 8.07. The van der Waals surface area contributed by atoms with Crippen molar-refractivity contribution < 1.29 is 13.2 Å². The second-order valence-electron chi connectivity index (χ2n) is 5.19. The number of sulfone groups is 1. The Morgan fingerprint density at radius 2 is 1.88 bits per heavy atom. The number of rotatable bonds is 5. The Morgan fingerprint density at radius 1 is 1.12 bits per heavy atom. The molecule has 124 valence electrons. The summed E-state index contributed by atoms with van der Waals surface area (Å²) in [5.41, 5.74) is 2.62. The third-order valence-electron chi connectivity index (χ3n) is 3.40. The largest absolute Gasteiger partial charge is 0.497 e. The fourth-order valence-electron chi connectivity index (χ4n) is 2.16. The van der Waals surface area contributed by atoms with Crippen LogP contribution in [0, 0.1) is 0 Å². The summed E-state index contributed by atoms with van der Waals surface area (Å²) in [7, 11) is -1.55. The van der Waals surface area contributed by atoms with Gasteiger partial charge in [0, 0.05) is 22.9 Å². The molecule has 0 saturated carbocycles. The van der Waals surface area contributed by atoms with Gasteiger partial charge in [0.15, 0.2) is 15.0 Å². The summed E-state index contributed by atoms with van der Waals surface area (Å²) < 4.78 is 28.2. The summed E-state index contributed by atoms with van der Waals surface area (Å²) >= 11 is 1.48. The number of aromatic nitrogens is 1. The van der Waals surface area contributed by atoms with Gasteiger partial charge in [0.25, 0.3) is 0 Å². The van der Waals surface area contributed by atoms with Gasteiger partial charge < -0.3 is 10.1 Å². The van der Waals surface area contributed by atoms with Gasteiger partial charge in [-0.3, -0.25) is 0 Å². The van der Waals surface area contributed by atoms with Gasteiger partial charge in [-0.05, 0) is 36.4 Å². The molecule has 0 unspecified atom stereocenters. The molecule has 1 aromatic heterocycles. The van der Waals surface area contributed by atoms with Crippen molar-refractivity contribution in [3.05, 3.63) is 53.9 Å².